The number of nitrogens with zero attached hydrogens (tertiary/aromatic N) is 1. The van der Waals surface area contributed by atoms with E-state index in [0.717, 1.165) is 17.7 Å². The maximum Gasteiger partial charge on any atom is 0.262 e. The van der Waals surface area contributed by atoms with Crippen LogP contribution in [0.5, 0.6) is 5.75 Å². The fourth-order valence-corrected chi connectivity index (χ4v) is 4.38. The highest BCUT2D eigenvalue weighted by Crippen LogP contribution is 2.27. The average Bonchev–Trinajstić information content (AvgIpc) is 3.33. The lowest BCUT2D eigenvalue weighted by atomic mass is 10.0. The number of ether oxygens (including phenoxy) is 1. The molecule has 1 aliphatic heterocycles. The van der Waals surface area contributed by atoms with Gasteiger partial charge in [-0.05, 0) is 65.4 Å². The summed E-state index contributed by atoms with van der Waals surface area (Å²) < 4.78 is 5.60. The molecular weight excluding hydrogens is 478 g/mol. The van der Waals surface area contributed by atoms with Crippen molar-refractivity contribution in [2.75, 3.05) is 23.4 Å². The molecule has 1 saturated heterocycles. The van der Waals surface area contributed by atoms with E-state index in [1.165, 1.54) is 11.1 Å². The maximum atomic E-state index is 12.7. The average molecular weight is 514 g/mol. The Morgan fingerprint density at radius 3 is 2.24 bits per heavy atom. The van der Waals surface area contributed by atoms with Gasteiger partial charge in [0.1, 0.15) is 5.75 Å². The van der Waals surface area contributed by atoms with E-state index in [4.69, 9.17) is 4.74 Å². The summed E-state index contributed by atoms with van der Waals surface area (Å²) in [4.78, 5) is 39.2. The monoisotopic (exact) mass is 513 g/mol. The molecule has 0 saturated carbocycles. The Labute approximate surface area is 224 Å². The Balaban J connectivity index is 1.24. The SMILES string of the molecule is CCc1ccc(NC(=O)COc2ccc(N3C[C@@H](C(=O)NCc4ccc(C(C)C)cc4)CC3=O)cc2)cc1. The molecule has 0 radical (unpaired) electrons. The molecule has 3 amide bonds. The van der Waals surface area contributed by atoms with Gasteiger partial charge in [-0.15, -0.1) is 0 Å². The second-order valence-corrected chi connectivity index (χ2v) is 9.90. The Morgan fingerprint density at radius 1 is 0.947 bits per heavy atom. The van der Waals surface area contributed by atoms with Gasteiger partial charge < -0.3 is 20.3 Å². The van der Waals surface area contributed by atoms with Crippen LogP contribution in [0.15, 0.2) is 72.8 Å². The van der Waals surface area contributed by atoms with Gasteiger partial charge in [-0.3, -0.25) is 14.4 Å². The summed E-state index contributed by atoms with van der Waals surface area (Å²) in [5.41, 5.74) is 4.91. The third-order valence-corrected chi connectivity index (χ3v) is 6.77. The van der Waals surface area contributed by atoms with Crippen LogP contribution in [0.1, 0.15) is 49.8 Å². The molecule has 3 aromatic rings. The van der Waals surface area contributed by atoms with Crippen LogP contribution in [-0.4, -0.2) is 30.9 Å². The van der Waals surface area contributed by atoms with Gasteiger partial charge in [0.2, 0.25) is 11.8 Å². The molecule has 198 valence electrons. The number of anilines is 2. The topological polar surface area (TPSA) is 87.7 Å². The molecule has 1 fully saturated rings. The zero-order valence-corrected chi connectivity index (χ0v) is 22.2. The van der Waals surface area contributed by atoms with Crippen molar-refractivity contribution >= 4 is 29.1 Å². The normalized spacial score (nSPS) is 15.0. The van der Waals surface area contributed by atoms with Crippen molar-refractivity contribution in [3.63, 3.8) is 0 Å². The summed E-state index contributed by atoms with van der Waals surface area (Å²) >= 11 is 0. The van der Waals surface area contributed by atoms with E-state index in [9.17, 15) is 14.4 Å². The van der Waals surface area contributed by atoms with Crippen molar-refractivity contribution in [3.05, 3.63) is 89.5 Å². The largest absolute Gasteiger partial charge is 0.484 e. The third-order valence-electron chi connectivity index (χ3n) is 6.77. The molecule has 0 aliphatic carbocycles. The Hall–Kier alpha value is -4.13. The molecule has 1 heterocycles. The van der Waals surface area contributed by atoms with E-state index in [1.807, 2.05) is 36.4 Å². The maximum absolute atomic E-state index is 12.7. The standard InChI is InChI=1S/C31H35N3O4/c1-4-22-7-11-26(12-8-22)33-29(35)20-38-28-15-13-27(14-16-28)34-19-25(17-30(34)36)31(37)32-18-23-5-9-24(10-6-23)21(2)3/h5-16,21,25H,4,17-20H2,1-3H3,(H,32,37)(H,33,35)/t25-/m0/s1. The number of aryl methyl sites for hydroxylation is 1. The van der Waals surface area contributed by atoms with Crippen LogP contribution in [0.4, 0.5) is 11.4 Å². The van der Waals surface area contributed by atoms with Crippen molar-refractivity contribution in [1.29, 1.82) is 0 Å². The van der Waals surface area contributed by atoms with E-state index < -0.39 is 5.92 Å². The smallest absolute Gasteiger partial charge is 0.262 e. The van der Waals surface area contributed by atoms with E-state index in [1.54, 1.807) is 29.2 Å². The summed E-state index contributed by atoms with van der Waals surface area (Å²) in [6, 6.07) is 22.9. The minimum absolute atomic E-state index is 0.0893. The lowest BCUT2D eigenvalue weighted by Crippen LogP contribution is -2.32. The highest BCUT2D eigenvalue weighted by Gasteiger charge is 2.35. The van der Waals surface area contributed by atoms with E-state index in [2.05, 4.69) is 43.5 Å². The van der Waals surface area contributed by atoms with Gasteiger partial charge in [-0.2, -0.15) is 0 Å². The number of nitrogens with one attached hydrogen (secondary N) is 2. The number of rotatable bonds is 10. The third kappa shape index (κ3) is 7.00. The van der Waals surface area contributed by atoms with Crippen molar-refractivity contribution < 1.29 is 19.1 Å². The molecule has 0 bridgehead atoms. The van der Waals surface area contributed by atoms with Crippen LogP contribution >= 0.6 is 0 Å². The van der Waals surface area contributed by atoms with Crippen LogP contribution in [0, 0.1) is 5.92 Å². The van der Waals surface area contributed by atoms with Crippen molar-refractivity contribution in [3.8, 4) is 5.75 Å². The zero-order valence-electron chi connectivity index (χ0n) is 22.2. The number of hydrogen-bond acceptors (Lipinski definition) is 4. The highest BCUT2D eigenvalue weighted by molar-refractivity contribution is 6.00. The van der Waals surface area contributed by atoms with Gasteiger partial charge in [0, 0.05) is 30.9 Å². The highest BCUT2D eigenvalue weighted by atomic mass is 16.5. The molecule has 0 unspecified atom stereocenters. The summed E-state index contributed by atoms with van der Waals surface area (Å²) in [7, 11) is 0. The van der Waals surface area contributed by atoms with E-state index >= 15 is 0 Å². The first-order valence-corrected chi connectivity index (χ1v) is 13.1. The Morgan fingerprint density at radius 2 is 1.61 bits per heavy atom. The van der Waals surface area contributed by atoms with E-state index in [-0.39, 0.29) is 30.7 Å². The molecule has 1 aliphatic rings. The van der Waals surface area contributed by atoms with Crippen LogP contribution in [-0.2, 0) is 27.3 Å². The quantitative estimate of drug-likeness (QED) is 0.397. The predicted molar refractivity (Wildman–Crippen MR) is 149 cm³/mol. The van der Waals surface area contributed by atoms with Crippen molar-refractivity contribution in [1.82, 2.24) is 5.32 Å². The molecule has 7 heteroatoms. The molecule has 7 nitrogen and oxygen atoms in total. The summed E-state index contributed by atoms with van der Waals surface area (Å²) in [6.45, 7) is 7.01. The van der Waals surface area contributed by atoms with Crippen LogP contribution in [0.3, 0.4) is 0 Å². The van der Waals surface area contributed by atoms with Crippen molar-refractivity contribution in [2.24, 2.45) is 5.92 Å². The first kappa shape index (κ1) is 26.9. The summed E-state index contributed by atoms with van der Waals surface area (Å²) in [5, 5.41) is 5.78. The van der Waals surface area contributed by atoms with Gasteiger partial charge in [-0.25, -0.2) is 0 Å². The molecular formula is C31H35N3O4. The van der Waals surface area contributed by atoms with Gasteiger partial charge in [0.25, 0.3) is 5.91 Å². The lowest BCUT2D eigenvalue weighted by Gasteiger charge is -2.17. The summed E-state index contributed by atoms with van der Waals surface area (Å²) in [6.07, 6.45) is 1.12. The minimum atomic E-state index is -0.400. The molecule has 0 spiro atoms. The van der Waals surface area contributed by atoms with Gasteiger partial charge >= 0.3 is 0 Å². The Kier molecular flexibility index (Phi) is 8.79. The number of amides is 3. The van der Waals surface area contributed by atoms with Crippen molar-refractivity contribution in [2.45, 2.75) is 46.1 Å². The fraction of sp³-hybridized carbons (Fsp3) is 0.323. The first-order chi connectivity index (χ1) is 18.3. The predicted octanol–water partition coefficient (Wildman–Crippen LogP) is 5.06. The molecule has 3 aromatic carbocycles. The number of hydrogen-bond donors (Lipinski definition) is 2. The fourth-order valence-electron chi connectivity index (χ4n) is 4.38. The van der Waals surface area contributed by atoms with Crippen LogP contribution in [0.25, 0.3) is 0 Å². The lowest BCUT2D eigenvalue weighted by molar-refractivity contribution is -0.126. The molecule has 4 rings (SSSR count). The molecule has 0 aromatic heterocycles. The van der Waals surface area contributed by atoms with Gasteiger partial charge in [-0.1, -0.05) is 57.2 Å². The second-order valence-electron chi connectivity index (χ2n) is 9.90. The van der Waals surface area contributed by atoms with E-state index in [0.29, 0.717) is 30.4 Å². The van der Waals surface area contributed by atoms with Gasteiger partial charge in [0.05, 0.1) is 5.92 Å². The number of benzene rings is 3. The van der Waals surface area contributed by atoms with Gasteiger partial charge in [0.15, 0.2) is 6.61 Å². The second kappa shape index (κ2) is 12.4. The summed E-state index contributed by atoms with van der Waals surface area (Å²) in [5.74, 6) is 0.122. The minimum Gasteiger partial charge on any atom is -0.484 e. The van der Waals surface area contributed by atoms with Crippen LogP contribution in [0.2, 0.25) is 0 Å². The molecule has 38 heavy (non-hydrogen) atoms. The molecule has 2 N–H and O–H groups in total. The Bertz CT molecular complexity index is 1250. The number of carbonyl (C=O) groups excluding carboxylic acids is 3. The van der Waals surface area contributed by atoms with Crippen LogP contribution < -0.4 is 20.3 Å². The number of carbonyl (C=O) groups is 3. The molecule has 1 atom stereocenters. The first-order valence-electron chi connectivity index (χ1n) is 13.1. The zero-order chi connectivity index (χ0) is 27.1.